The van der Waals surface area contributed by atoms with Gasteiger partial charge in [0.05, 0.1) is 12.2 Å². The number of carbonyl (C=O) groups excluding carboxylic acids is 1. The van der Waals surface area contributed by atoms with Crippen molar-refractivity contribution in [1.29, 1.82) is 0 Å². The van der Waals surface area contributed by atoms with Crippen LogP contribution in [0.15, 0.2) is 36.4 Å². The molecule has 2 aromatic rings. The molecule has 2 aliphatic rings. The Morgan fingerprint density at radius 2 is 1.93 bits per heavy atom. The Morgan fingerprint density at radius 1 is 1.11 bits per heavy atom. The summed E-state index contributed by atoms with van der Waals surface area (Å²) in [5, 5.41) is 2.46. The summed E-state index contributed by atoms with van der Waals surface area (Å²) in [6.07, 6.45) is 1.88. The maximum Gasteiger partial charge on any atom is 0.238 e. The molecule has 4 rings (SSSR count). The molecule has 2 aliphatic heterocycles. The largest absolute Gasteiger partial charge is 0.486 e. The van der Waals surface area contributed by atoms with Crippen molar-refractivity contribution in [3.05, 3.63) is 53.6 Å². The number of nitrogens with zero attached hydrogens (tertiary/aromatic N) is 1. The first-order chi connectivity index (χ1) is 13.1. The lowest BCUT2D eigenvalue weighted by atomic mass is 10.0. The quantitative estimate of drug-likeness (QED) is 0.890. The topological polar surface area (TPSA) is 50.8 Å². The summed E-state index contributed by atoms with van der Waals surface area (Å²) >= 11 is 0. The minimum Gasteiger partial charge on any atom is -0.486 e. The lowest BCUT2D eigenvalue weighted by Crippen LogP contribution is -2.33. The lowest BCUT2D eigenvalue weighted by molar-refractivity contribution is -0.117. The molecule has 2 aromatic carbocycles. The van der Waals surface area contributed by atoms with Crippen LogP contribution in [0.4, 0.5) is 14.5 Å². The molecule has 27 heavy (non-hydrogen) atoms. The second-order valence-electron chi connectivity index (χ2n) is 6.70. The summed E-state index contributed by atoms with van der Waals surface area (Å²) in [6.45, 7) is 1.93. The summed E-state index contributed by atoms with van der Waals surface area (Å²) in [5.41, 5.74) is 0.913. The molecule has 1 fully saturated rings. The van der Waals surface area contributed by atoms with Crippen LogP contribution in [-0.4, -0.2) is 37.1 Å². The van der Waals surface area contributed by atoms with E-state index in [2.05, 4.69) is 5.32 Å². The van der Waals surface area contributed by atoms with Crippen molar-refractivity contribution >= 4 is 11.6 Å². The van der Waals surface area contributed by atoms with Gasteiger partial charge in [-0.05, 0) is 49.2 Å². The highest BCUT2D eigenvalue weighted by Crippen LogP contribution is 2.37. The molecule has 0 bridgehead atoms. The van der Waals surface area contributed by atoms with Crippen molar-refractivity contribution in [3.8, 4) is 11.5 Å². The molecule has 0 aromatic heterocycles. The van der Waals surface area contributed by atoms with Gasteiger partial charge in [-0.25, -0.2) is 8.78 Å². The van der Waals surface area contributed by atoms with Gasteiger partial charge in [0.2, 0.25) is 5.91 Å². The number of ether oxygens (including phenoxy) is 2. The third-order valence-corrected chi connectivity index (χ3v) is 4.86. The standard InChI is InChI=1S/C20H20F2N2O3/c21-14-4-5-15(22)16(11-14)23-20(25)12-24-7-1-2-17(24)13-3-6-18-19(10-13)27-9-8-26-18/h3-6,10-11,17H,1-2,7-9,12H2,(H,23,25)/t17-/m1/s1. The van der Waals surface area contributed by atoms with Gasteiger partial charge in [0.15, 0.2) is 11.5 Å². The fourth-order valence-electron chi connectivity index (χ4n) is 3.63. The number of carbonyl (C=O) groups is 1. The van der Waals surface area contributed by atoms with Crippen LogP contribution in [0.2, 0.25) is 0 Å². The fraction of sp³-hybridized carbons (Fsp3) is 0.350. The molecule has 0 aliphatic carbocycles. The number of benzene rings is 2. The van der Waals surface area contributed by atoms with E-state index in [0.29, 0.717) is 13.2 Å². The van der Waals surface area contributed by atoms with Crippen LogP contribution in [0.3, 0.4) is 0 Å². The van der Waals surface area contributed by atoms with Gasteiger partial charge in [-0.2, -0.15) is 0 Å². The van der Waals surface area contributed by atoms with Crippen molar-refractivity contribution in [2.24, 2.45) is 0 Å². The predicted octanol–water partition coefficient (Wildman–Crippen LogP) is 3.51. The van der Waals surface area contributed by atoms with Crippen molar-refractivity contribution in [2.75, 3.05) is 31.6 Å². The molecule has 0 saturated carbocycles. The average Bonchev–Trinajstić information content (AvgIpc) is 3.12. The minimum atomic E-state index is -0.658. The van der Waals surface area contributed by atoms with E-state index in [0.717, 1.165) is 54.6 Å². The van der Waals surface area contributed by atoms with Gasteiger partial charge in [0.25, 0.3) is 0 Å². The highest BCUT2D eigenvalue weighted by molar-refractivity contribution is 5.92. The molecule has 142 valence electrons. The number of nitrogens with one attached hydrogen (secondary N) is 1. The number of halogens is 2. The Balaban J connectivity index is 1.45. The normalized spacial score (nSPS) is 19.1. The molecule has 5 nitrogen and oxygen atoms in total. The molecule has 1 saturated heterocycles. The SMILES string of the molecule is O=C(CN1CCC[C@@H]1c1ccc2c(c1)OCCO2)Nc1cc(F)ccc1F. The van der Waals surface area contributed by atoms with E-state index in [1.807, 2.05) is 23.1 Å². The van der Waals surface area contributed by atoms with Crippen molar-refractivity contribution in [1.82, 2.24) is 4.90 Å². The number of rotatable bonds is 4. The molecule has 1 atom stereocenters. The lowest BCUT2D eigenvalue weighted by Gasteiger charge is -2.26. The smallest absolute Gasteiger partial charge is 0.238 e. The first-order valence-corrected chi connectivity index (χ1v) is 8.98. The number of likely N-dealkylation sites (tertiary alicyclic amines) is 1. The van der Waals surface area contributed by atoms with Gasteiger partial charge in [-0.15, -0.1) is 0 Å². The Bertz CT molecular complexity index is 859. The van der Waals surface area contributed by atoms with E-state index >= 15 is 0 Å². The molecule has 7 heteroatoms. The zero-order chi connectivity index (χ0) is 18.8. The van der Waals surface area contributed by atoms with Crippen LogP contribution in [0, 0.1) is 11.6 Å². The summed E-state index contributed by atoms with van der Waals surface area (Å²) in [6, 6.07) is 8.91. The number of hydrogen-bond acceptors (Lipinski definition) is 4. The van der Waals surface area contributed by atoms with Gasteiger partial charge in [0, 0.05) is 12.1 Å². The fourth-order valence-corrected chi connectivity index (χ4v) is 3.63. The molecule has 0 spiro atoms. The molecule has 0 unspecified atom stereocenters. The molecule has 2 heterocycles. The van der Waals surface area contributed by atoms with Crippen LogP contribution in [0.5, 0.6) is 11.5 Å². The number of fused-ring (bicyclic) bond motifs is 1. The van der Waals surface area contributed by atoms with Gasteiger partial charge >= 0.3 is 0 Å². The van der Waals surface area contributed by atoms with Crippen LogP contribution >= 0.6 is 0 Å². The monoisotopic (exact) mass is 374 g/mol. The zero-order valence-corrected chi connectivity index (χ0v) is 14.7. The predicted molar refractivity (Wildman–Crippen MR) is 96.0 cm³/mol. The molecular formula is C20H20F2N2O3. The number of anilines is 1. The maximum atomic E-state index is 13.7. The Hall–Kier alpha value is -2.67. The Kier molecular flexibility index (Phi) is 4.94. The van der Waals surface area contributed by atoms with Crippen molar-refractivity contribution in [2.45, 2.75) is 18.9 Å². The minimum absolute atomic E-state index is 0.0731. The summed E-state index contributed by atoms with van der Waals surface area (Å²) < 4.78 is 38.2. The van der Waals surface area contributed by atoms with E-state index in [9.17, 15) is 13.6 Å². The van der Waals surface area contributed by atoms with Crippen LogP contribution in [-0.2, 0) is 4.79 Å². The highest BCUT2D eigenvalue weighted by atomic mass is 19.1. The van der Waals surface area contributed by atoms with Crippen molar-refractivity contribution in [3.63, 3.8) is 0 Å². The first kappa shape index (κ1) is 17.7. The zero-order valence-electron chi connectivity index (χ0n) is 14.7. The van der Waals surface area contributed by atoms with Gasteiger partial charge in [-0.3, -0.25) is 9.69 Å². The molecular weight excluding hydrogens is 354 g/mol. The van der Waals surface area contributed by atoms with Crippen LogP contribution in [0.1, 0.15) is 24.4 Å². The van der Waals surface area contributed by atoms with E-state index in [-0.39, 0.29) is 24.2 Å². The van der Waals surface area contributed by atoms with E-state index in [4.69, 9.17) is 9.47 Å². The molecule has 1 N–H and O–H groups in total. The maximum absolute atomic E-state index is 13.7. The average molecular weight is 374 g/mol. The van der Waals surface area contributed by atoms with Crippen LogP contribution < -0.4 is 14.8 Å². The van der Waals surface area contributed by atoms with E-state index < -0.39 is 11.6 Å². The van der Waals surface area contributed by atoms with Gasteiger partial charge < -0.3 is 14.8 Å². The summed E-state index contributed by atoms with van der Waals surface area (Å²) in [7, 11) is 0. The second-order valence-corrected chi connectivity index (χ2v) is 6.70. The second kappa shape index (κ2) is 7.52. The van der Waals surface area contributed by atoms with Crippen LogP contribution in [0.25, 0.3) is 0 Å². The summed E-state index contributed by atoms with van der Waals surface area (Å²) in [4.78, 5) is 14.4. The highest BCUT2D eigenvalue weighted by Gasteiger charge is 2.29. The van der Waals surface area contributed by atoms with Gasteiger partial charge in [-0.1, -0.05) is 6.07 Å². The number of hydrogen-bond donors (Lipinski definition) is 1. The van der Waals surface area contributed by atoms with E-state index in [1.165, 1.54) is 0 Å². The number of amides is 1. The Morgan fingerprint density at radius 3 is 2.78 bits per heavy atom. The third-order valence-electron chi connectivity index (χ3n) is 4.86. The van der Waals surface area contributed by atoms with E-state index in [1.54, 1.807) is 0 Å². The van der Waals surface area contributed by atoms with Gasteiger partial charge in [0.1, 0.15) is 24.8 Å². The molecule has 0 radical (unpaired) electrons. The summed E-state index contributed by atoms with van der Waals surface area (Å²) in [5.74, 6) is -0.175. The molecule has 1 amide bonds. The third kappa shape index (κ3) is 3.88. The van der Waals surface area contributed by atoms with Crippen molar-refractivity contribution < 1.29 is 23.0 Å². The first-order valence-electron chi connectivity index (χ1n) is 8.98. The Labute approximate surface area is 155 Å².